The number of ether oxygens (including phenoxy) is 1. The van der Waals surface area contributed by atoms with E-state index in [9.17, 15) is 9.59 Å². The van der Waals surface area contributed by atoms with E-state index in [0.29, 0.717) is 21.9 Å². The van der Waals surface area contributed by atoms with E-state index < -0.39 is 0 Å². The Morgan fingerprint density at radius 3 is 2.69 bits per heavy atom. The largest absolute Gasteiger partial charge is 0.485 e. The van der Waals surface area contributed by atoms with E-state index in [1.165, 1.54) is 6.07 Å². The molecule has 0 fully saturated rings. The summed E-state index contributed by atoms with van der Waals surface area (Å²) in [7, 11) is 0. The molecule has 132 valence electrons. The van der Waals surface area contributed by atoms with Crippen LogP contribution in [0.1, 0.15) is 27.9 Å². The average molecular weight is 389 g/mol. The highest BCUT2D eigenvalue weighted by Crippen LogP contribution is 2.30. The number of benzene rings is 2. The predicted molar refractivity (Wildman–Crippen MR) is 101 cm³/mol. The van der Waals surface area contributed by atoms with Crippen molar-refractivity contribution in [2.24, 2.45) is 0 Å². The Kier molecular flexibility index (Phi) is 4.47. The third-order valence-electron chi connectivity index (χ3n) is 4.55. The fourth-order valence-corrected chi connectivity index (χ4v) is 3.81. The minimum atomic E-state index is -0.286. The zero-order chi connectivity index (χ0) is 18.3. The molecule has 3 aromatic rings. The summed E-state index contributed by atoms with van der Waals surface area (Å²) in [5.74, 6) is 0.194. The molecule has 0 N–H and O–H groups in total. The number of carbonyl (C=O) groups excluding carboxylic acids is 1. The molecule has 1 aliphatic rings. The van der Waals surface area contributed by atoms with Crippen LogP contribution in [0.4, 0.5) is 0 Å². The molecule has 0 spiro atoms. The van der Waals surface area contributed by atoms with E-state index in [1.807, 2.05) is 6.07 Å². The molecular weight excluding hydrogens is 375 g/mol. The van der Waals surface area contributed by atoms with Crippen LogP contribution in [0, 0.1) is 0 Å². The first-order valence-electron chi connectivity index (χ1n) is 8.22. The van der Waals surface area contributed by atoms with Crippen molar-refractivity contribution in [3.05, 3.63) is 73.6 Å². The minimum Gasteiger partial charge on any atom is -0.485 e. The van der Waals surface area contributed by atoms with Gasteiger partial charge in [0.15, 0.2) is 6.61 Å². The third kappa shape index (κ3) is 3.11. The van der Waals surface area contributed by atoms with Crippen LogP contribution in [0.2, 0.25) is 10.0 Å². The van der Waals surface area contributed by atoms with Crippen LogP contribution in [0.3, 0.4) is 0 Å². The van der Waals surface area contributed by atoms with Gasteiger partial charge >= 0.3 is 5.63 Å². The average Bonchev–Trinajstić information content (AvgIpc) is 3.10. The third-order valence-corrected chi connectivity index (χ3v) is 5.09. The summed E-state index contributed by atoms with van der Waals surface area (Å²) in [6.07, 6.45) is 2.61. The van der Waals surface area contributed by atoms with Gasteiger partial charge in [-0.25, -0.2) is 4.79 Å². The summed E-state index contributed by atoms with van der Waals surface area (Å²) < 4.78 is 11.0. The summed E-state index contributed by atoms with van der Waals surface area (Å²) in [5.41, 5.74) is 2.38. The SMILES string of the molecule is O=C(COc1ccc2c3c(c(=O)oc2c1)CCC3)c1ccc(Cl)cc1Cl. The van der Waals surface area contributed by atoms with E-state index in [2.05, 4.69) is 0 Å². The Labute approximate surface area is 159 Å². The Hall–Kier alpha value is -2.30. The van der Waals surface area contributed by atoms with Crippen molar-refractivity contribution in [3.8, 4) is 5.75 Å². The van der Waals surface area contributed by atoms with E-state index in [1.54, 1.807) is 24.3 Å². The van der Waals surface area contributed by atoms with Gasteiger partial charge in [0.1, 0.15) is 11.3 Å². The molecule has 4 nitrogen and oxygen atoms in total. The quantitative estimate of drug-likeness (QED) is 0.473. The minimum absolute atomic E-state index is 0.179. The summed E-state index contributed by atoms with van der Waals surface area (Å²) in [5, 5.41) is 1.67. The van der Waals surface area contributed by atoms with Crippen LogP contribution in [0.15, 0.2) is 45.6 Å². The molecule has 0 unspecified atom stereocenters. The van der Waals surface area contributed by atoms with E-state index in [4.69, 9.17) is 32.4 Å². The maximum absolute atomic E-state index is 12.3. The summed E-state index contributed by atoms with van der Waals surface area (Å²) in [6, 6.07) is 9.98. The maximum Gasteiger partial charge on any atom is 0.339 e. The Morgan fingerprint density at radius 2 is 1.88 bits per heavy atom. The van der Waals surface area contributed by atoms with Gasteiger partial charge in [-0.05, 0) is 55.2 Å². The van der Waals surface area contributed by atoms with Gasteiger partial charge in [-0.2, -0.15) is 0 Å². The fourth-order valence-electron chi connectivity index (χ4n) is 3.30. The first-order valence-corrected chi connectivity index (χ1v) is 8.98. The zero-order valence-electron chi connectivity index (χ0n) is 13.7. The Morgan fingerprint density at radius 1 is 1.08 bits per heavy atom. The van der Waals surface area contributed by atoms with Crippen molar-refractivity contribution in [1.29, 1.82) is 0 Å². The second-order valence-electron chi connectivity index (χ2n) is 6.19. The standard InChI is InChI=1S/C20H14Cl2O4/c21-11-4-6-16(17(22)8-11)18(23)10-25-12-5-7-14-13-2-1-3-15(13)20(24)26-19(14)9-12/h4-9H,1-3,10H2. The van der Waals surface area contributed by atoms with Crippen LogP contribution in [-0.2, 0) is 12.8 Å². The van der Waals surface area contributed by atoms with E-state index in [-0.39, 0.29) is 23.0 Å². The maximum atomic E-state index is 12.3. The Bertz CT molecular complexity index is 1090. The van der Waals surface area contributed by atoms with Crippen molar-refractivity contribution in [1.82, 2.24) is 0 Å². The molecular formula is C20H14Cl2O4. The highest BCUT2D eigenvalue weighted by Gasteiger charge is 2.20. The normalized spacial score (nSPS) is 13.0. The van der Waals surface area contributed by atoms with Gasteiger partial charge in [0.05, 0.1) is 5.02 Å². The number of Topliss-reactive ketones (excluding diaryl/α,β-unsaturated/α-hetero) is 1. The van der Waals surface area contributed by atoms with Crippen molar-refractivity contribution in [2.75, 3.05) is 6.61 Å². The van der Waals surface area contributed by atoms with Gasteiger partial charge in [-0.3, -0.25) is 4.79 Å². The molecule has 4 rings (SSSR count). The molecule has 0 saturated carbocycles. The van der Waals surface area contributed by atoms with Crippen molar-refractivity contribution in [2.45, 2.75) is 19.3 Å². The number of hydrogen-bond donors (Lipinski definition) is 0. The highest BCUT2D eigenvalue weighted by atomic mass is 35.5. The first-order chi connectivity index (χ1) is 12.5. The topological polar surface area (TPSA) is 56.5 Å². The lowest BCUT2D eigenvalue weighted by molar-refractivity contribution is 0.0921. The monoisotopic (exact) mass is 388 g/mol. The zero-order valence-corrected chi connectivity index (χ0v) is 15.2. The van der Waals surface area contributed by atoms with Crippen molar-refractivity contribution < 1.29 is 13.9 Å². The summed E-state index contributed by atoms with van der Waals surface area (Å²) in [6.45, 7) is -0.179. The first kappa shape index (κ1) is 17.1. The second kappa shape index (κ2) is 6.78. The molecule has 0 aliphatic heterocycles. The van der Waals surface area contributed by atoms with Gasteiger partial charge in [0, 0.05) is 27.6 Å². The molecule has 0 amide bonds. The number of hydrogen-bond acceptors (Lipinski definition) is 4. The highest BCUT2D eigenvalue weighted by molar-refractivity contribution is 6.36. The van der Waals surface area contributed by atoms with Crippen LogP contribution < -0.4 is 10.4 Å². The van der Waals surface area contributed by atoms with Gasteiger partial charge in [0.2, 0.25) is 5.78 Å². The van der Waals surface area contributed by atoms with E-state index in [0.717, 1.165) is 35.8 Å². The number of halogens is 2. The molecule has 1 heterocycles. The molecule has 6 heteroatoms. The number of rotatable bonds is 4. The molecule has 2 aromatic carbocycles. The fraction of sp³-hybridized carbons (Fsp3) is 0.200. The molecule has 0 radical (unpaired) electrons. The van der Waals surface area contributed by atoms with Crippen molar-refractivity contribution >= 4 is 40.0 Å². The summed E-state index contributed by atoms with van der Waals surface area (Å²) in [4.78, 5) is 24.4. The van der Waals surface area contributed by atoms with Gasteiger partial charge in [-0.1, -0.05) is 23.2 Å². The molecule has 26 heavy (non-hydrogen) atoms. The predicted octanol–water partition coefficient (Wildman–Crippen LogP) is 4.85. The molecule has 1 aliphatic carbocycles. The van der Waals surface area contributed by atoms with E-state index >= 15 is 0 Å². The number of carbonyl (C=O) groups is 1. The Balaban J connectivity index is 1.57. The van der Waals surface area contributed by atoms with Crippen LogP contribution in [-0.4, -0.2) is 12.4 Å². The van der Waals surface area contributed by atoms with Crippen molar-refractivity contribution in [3.63, 3.8) is 0 Å². The summed E-state index contributed by atoms with van der Waals surface area (Å²) >= 11 is 11.9. The van der Waals surface area contributed by atoms with Crippen LogP contribution in [0.5, 0.6) is 5.75 Å². The molecule has 0 saturated heterocycles. The second-order valence-corrected chi connectivity index (χ2v) is 7.04. The molecule has 0 atom stereocenters. The molecule has 0 bridgehead atoms. The number of aryl methyl sites for hydroxylation is 1. The lowest BCUT2D eigenvalue weighted by Crippen LogP contribution is -2.12. The lowest BCUT2D eigenvalue weighted by Gasteiger charge is -2.09. The van der Waals surface area contributed by atoms with Gasteiger partial charge in [0.25, 0.3) is 0 Å². The molecule has 1 aromatic heterocycles. The lowest BCUT2D eigenvalue weighted by atomic mass is 10.1. The van der Waals surface area contributed by atoms with Crippen LogP contribution >= 0.6 is 23.2 Å². The smallest absolute Gasteiger partial charge is 0.339 e. The number of fused-ring (bicyclic) bond motifs is 3. The van der Waals surface area contributed by atoms with Crippen LogP contribution in [0.25, 0.3) is 11.0 Å². The van der Waals surface area contributed by atoms with Gasteiger partial charge in [-0.15, -0.1) is 0 Å². The number of ketones is 1. The van der Waals surface area contributed by atoms with Gasteiger partial charge < -0.3 is 9.15 Å².